The van der Waals surface area contributed by atoms with Gasteiger partial charge in [-0.25, -0.2) is 4.39 Å². The van der Waals surface area contributed by atoms with Crippen LogP contribution in [-0.2, 0) is 10.2 Å². The highest BCUT2D eigenvalue weighted by molar-refractivity contribution is 5.88. The Bertz CT molecular complexity index is 500. The van der Waals surface area contributed by atoms with Crippen molar-refractivity contribution in [2.75, 3.05) is 13.1 Å². The molecule has 3 rings (SSSR count). The monoisotopic (exact) mass is 290 g/mol. The van der Waals surface area contributed by atoms with Gasteiger partial charge in [0.15, 0.2) is 0 Å². The predicted molar refractivity (Wildman–Crippen MR) is 80.3 cm³/mol. The summed E-state index contributed by atoms with van der Waals surface area (Å²) in [6.45, 7) is 1.51. The van der Waals surface area contributed by atoms with Crippen LogP contribution in [0.5, 0.6) is 0 Å². The molecule has 0 spiro atoms. The second-order valence-electron chi connectivity index (χ2n) is 6.43. The minimum Gasteiger partial charge on any atom is -0.342 e. The molecule has 2 N–H and O–H groups in total. The topological polar surface area (TPSA) is 46.3 Å². The summed E-state index contributed by atoms with van der Waals surface area (Å²) in [5.41, 5.74) is 6.47. The molecule has 2 aliphatic rings. The Morgan fingerprint density at radius 3 is 2.29 bits per heavy atom. The Labute approximate surface area is 125 Å². The van der Waals surface area contributed by atoms with E-state index < -0.39 is 5.41 Å². The van der Waals surface area contributed by atoms with Gasteiger partial charge in [-0.2, -0.15) is 0 Å². The standard InChI is InChI=1S/C17H23FN2O/c18-14-5-3-13(4-6-14)17(9-1-2-10-17)16(21)20-11-7-15(19)8-12-20/h3-6,15H,1-2,7-12,19H2. The van der Waals surface area contributed by atoms with E-state index in [0.29, 0.717) is 0 Å². The Balaban J connectivity index is 1.86. The Kier molecular flexibility index (Phi) is 3.98. The second kappa shape index (κ2) is 5.76. The first kappa shape index (κ1) is 14.5. The molecule has 1 aromatic carbocycles. The van der Waals surface area contributed by atoms with Gasteiger partial charge in [-0.05, 0) is 43.4 Å². The number of piperidine rings is 1. The molecule has 1 heterocycles. The number of carbonyl (C=O) groups excluding carboxylic acids is 1. The van der Waals surface area contributed by atoms with Crippen molar-refractivity contribution < 1.29 is 9.18 Å². The van der Waals surface area contributed by atoms with E-state index in [1.165, 1.54) is 12.1 Å². The third-order valence-corrected chi connectivity index (χ3v) is 5.09. The molecule has 1 saturated carbocycles. The fraction of sp³-hybridized carbons (Fsp3) is 0.588. The molecule has 0 bridgehead atoms. The SMILES string of the molecule is NC1CCN(C(=O)C2(c3ccc(F)cc3)CCCC2)CC1. The molecule has 114 valence electrons. The normalized spacial score (nSPS) is 22.5. The average Bonchev–Trinajstić information content (AvgIpc) is 2.99. The van der Waals surface area contributed by atoms with Crippen molar-refractivity contribution in [2.24, 2.45) is 5.73 Å². The number of hydrogen-bond acceptors (Lipinski definition) is 2. The van der Waals surface area contributed by atoms with Crippen molar-refractivity contribution in [3.8, 4) is 0 Å². The highest BCUT2D eigenvalue weighted by atomic mass is 19.1. The summed E-state index contributed by atoms with van der Waals surface area (Å²) >= 11 is 0. The molecule has 0 aromatic heterocycles. The van der Waals surface area contributed by atoms with Gasteiger partial charge >= 0.3 is 0 Å². The quantitative estimate of drug-likeness (QED) is 0.910. The number of rotatable bonds is 2. The highest BCUT2D eigenvalue weighted by Gasteiger charge is 2.45. The maximum absolute atomic E-state index is 13.2. The van der Waals surface area contributed by atoms with Crippen LogP contribution < -0.4 is 5.73 Å². The molecule has 0 unspecified atom stereocenters. The van der Waals surface area contributed by atoms with Crippen LogP contribution in [-0.4, -0.2) is 29.9 Å². The molecule has 1 aliphatic carbocycles. The van der Waals surface area contributed by atoms with Crippen LogP contribution in [0.3, 0.4) is 0 Å². The van der Waals surface area contributed by atoms with Gasteiger partial charge in [0.25, 0.3) is 0 Å². The zero-order valence-electron chi connectivity index (χ0n) is 12.4. The molecule has 1 amide bonds. The number of amides is 1. The first-order valence-electron chi connectivity index (χ1n) is 7.93. The van der Waals surface area contributed by atoms with Crippen molar-refractivity contribution in [3.63, 3.8) is 0 Å². The van der Waals surface area contributed by atoms with Crippen LogP contribution in [0.1, 0.15) is 44.1 Å². The van der Waals surface area contributed by atoms with Gasteiger partial charge in [0.1, 0.15) is 5.82 Å². The number of nitrogens with zero attached hydrogens (tertiary/aromatic N) is 1. The minimum atomic E-state index is -0.435. The number of halogens is 1. The van der Waals surface area contributed by atoms with Crippen LogP contribution >= 0.6 is 0 Å². The van der Waals surface area contributed by atoms with Crippen molar-refractivity contribution in [1.29, 1.82) is 0 Å². The number of nitrogens with two attached hydrogens (primary N) is 1. The molecular weight excluding hydrogens is 267 g/mol. The highest BCUT2D eigenvalue weighted by Crippen LogP contribution is 2.43. The molecule has 4 heteroatoms. The van der Waals surface area contributed by atoms with Gasteiger partial charge in [0.2, 0.25) is 5.91 Å². The number of likely N-dealkylation sites (tertiary alicyclic amines) is 1. The lowest BCUT2D eigenvalue weighted by molar-refractivity contribution is -0.138. The van der Waals surface area contributed by atoms with E-state index in [-0.39, 0.29) is 17.8 Å². The summed E-state index contributed by atoms with van der Waals surface area (Å²) in [7, 11) is 0. The van der Waals surface area contributed by atoms with E-state index in [4.69, 9.17) is 5.73 Å². The van der Waals surface area contributed by atoms with E-state index in [1.54, 1.807) is 12.1 Å². The van der Waals surface area contributed by atoms with E-state index in [0.717, 1.165) is 57.2 Å². The zero-order chi connectivity index (χ0) is 14.9. The summed E-state index contributed by atoms with van der Waals surface area (Å²) in [4.78, 5) is 15.1. The molecule has 1 aliphatic heterocycles. The fourth-order valence-electron chi connectivity index (χ4n) is 3.78. The molecule has 21 heavy (non-hydrogen) atoms. The number of hydrogen-bond donors (Lipinski definition) is 1. The van der Waals surface area contributed by atoms with Crippen molar-refractivity contribution in [2.45, 2.75) is 50.0 Å². The summed E-state index contributed by atoms with van der Waals surface area (Å²) in [5, 5.41) is 0. The maximum atomic E-state index is 13.2. The van der Waals surface area contributed by atoms with Gasteiger partial charge in [0.05, 0.1) is 5.41 Å². The van der Waals surface area contributed by atoms with Crippen LogP contribution in [0.15, 0.2) is 24.3 Å². The summed E-state index contributed by atoms with van der Waals surface area (Å²) in [6.07, 6.45) is 5.64. The lowest BCUT2D eigenvalue weighted by Gasteiger charge is -2.38. The first-order valence-corrected chi connectivity index (χ1v) is 7.93. The van der Waals surface area contributed by atoms with Crippen LogP contribution in [0.2, 0.25) is 0 Å². The van der Waals surface area contributed by atoms with Crippen LogP contribution in [0.25, 0.3) is 0 Å². The lowest BCUT2D eigenvalue weighted by Crippen LogP contribution is -2.50. The van der Waals surface area contributed by atoms with Gasteiger partial charge in [-0.1, -0.05) is 25.0 Å². The van der Waals surface area contributed by atoms with Gasteiger partial charge in [-0.15, -0.1) is 0 Å². The third kappa shape index (κ3) is 2.69. The van der Waals surface area contributed by atoms with Crippen LogP contribution in [0.4, 0.5) is 4.39 Å². The van der Waals surface area contributed by atoms with E-state index in [2.05, 4.69) is 0 Å². The molecule has 2 fully saturated rings. The molecule has 1 saturated heterocycles. The molecule has 1 aromatic rings. The third-order valence-electron chi connectivity index (χ3n) is 5.09. The molecule has 0 radical (unpaired) electrons. The Hall–Kier alpha value is -1.42. The molecule has 3 nitrogen and oxygen atoms in total. The van der Waals surface area contributed by atoms with Gasteiger partial charge < -0.3 is 10.6 Å². The van der Waals surface area contributed by atoms with E-state index in [1.807, 2.05) is 4.90 Å². The Morgan fingerprint density at radius 1 is 1.14 bits per heavy atom. The van der Waals surface area contributed by atoms with Crippen molar-refractivity contribution >= 4 is 5.91 Å². The predicted octanol–water partition coefficient (Wildman–Crippen LogP) is 2.59. The number of benzene rings is 1. The van der Waals surface area contributed by atoms with Gasteiger partial charge in [-0.3, -0.25) is 4.79 Å². The Morgan fingerprint density at radius 2 is 1.71 bits per heavy atom. The first-order chi connectivity index (χ1) is 10.1. The lowest BCUT2D eigenvalue weighted by atomic mass is 9.77. The number of carbonyl (C=O) groups is 1. The summed E-state index contributed by atoms with van der Waals surface area (Å²) in [5.74, 6) is -0.0261. The molecular formula is C17H23FN2O. The smallest absolute Gasteiger partial charge is 0.233 e. The second-order valence-corrected chi connectivity index (χ2v) is 6.43. The van der Waals surface area contributed by atoms with Crippen molar-refractivity contribution in [3.05, 3.63) is 35.6 Å². The maximum Gasteiger partial charge on any atom is 0.233 e. The average molecular weight is 290 g/mol. The molecule has 0 atom stereocenters. The minimum absolute atomic E-state index is 0.221. The van der Waals surface area contributed by atoms with Crippen molar-refractivity contribution in [1.82, 2.24) is 4.90 Å². The van der Waals surface area contributed by atoms with Gasteiger partial charge in [0, 0.05) is 19.1 Å². The largest absolute Gasteiger partial charge is 0.342 e. The zero-order valence-corrected chi connectivity index (χ0v) is 12.4. The van der Waals surface area contributed by atoms with Crippen LogP contribution in [0, 0.1) is 5.82 Å². The van der Waals surface area contributed by atoms with E-state index >= 15 is 0 Å². The fourth-order valence-corrected chi connectivity index (χ4v) is 3.78. The summed E-state index contributed by atoms with van der Waals surface area (Å²) in [6, 6.07) is 6.73. The summed E-state index contributed by atoms with van der Waals surface area (Å²) < 4.78 is 13.2. The van der Waals surface area contributed by atoms with E-state index in [9.17, 15) is 9.18 Å².